The van der Waals surface area contributed by atoms with Gasteiger partial charge in [0, 0.05) is 11.9 Å². The van der Waals surface area contributed by atoms with Crippen molar-refractivity contribution in [3.8, 4) is 0 Å². The molecule has 1 aromatic carbocycles. The van der Waals surface area contributed by atoms with Crippen molar-refractivity contribution < 1.29 is 4.79 Å². The van der Waals surface area contributed by atoms with Crippen molar-refractivity contribution in [2.75, 3.05) is 11.9 Å². The molecule has 0 atom stereocenters. The predicted molar refractivity (Wildman–Crippen MR) is 89.8 cm³/mol. The molecule has 116 valence electrons. The van der Waals surface area contributed by atoms with Crippen LogP contribution in [0.5, 0.6) is 0 Å². The molecule has 2 rings (SSSR count). The lowest BCUT2D eigenvalue weighted by atomic mass is 9.98. The molecule has 0 saturated heterocycles. The van der Waals surface area contributed by atoms with Crippen molar-refractivity contribution >= 4 is 11.6 Å². The number of carbonyl (C=O) groups is 1. The maximum absolute atomic E-state index is 12.0. The number of aryl methyl sites for hydroxylation is 1. The number of nitrogens with zero attached hydrogens (tertiary/aromatic N) is 1. The second-order valence-corrected chi connectivity index (χ2v) is 5.65. The summed E-state index contributed by atoms with van der Waals surface area (Å²) in [6.07, 6.45) is 1.72. The number of carbonyl (C=O) groups excluding carboxylic acids is 1. The Kier molecular flexibility index (Phi) is 5.53. The Labute approximate surface area is 132 Å². The number of nitrogens with one attached hydrogen (secondary N) is 2. The van der Waals surface area contributed by atoms with Gasteiger partial charge in [-0.05, 0) is 36.1 Å². The molecule has 0 unspecified atom stereocenters. The minimum absolute atomic E-state index is 0.0383. The maximum atomic E-state index is 12.0. The molecule has 0 bridgehead atoms. The summed E-state index contributed by atoms with van der Waals surface area (Å²) in [4.78, 5) is 16.2. The SMILES string of the molecule is Cc1cccc(C(C)C)c1NCC(=O)NCc1ccccn1. The highest BCUT2D eigenvalue weighted by Crippen LogP contribution is 2.27. The van der Waals surface area contributed by atoms with Gasteiger partial charge >= 0.3 is 0 Å². The predicted octanol–water partition coefficient (Wildman–Crippen LogP) is 3.24. The van der Waals surface area contributed by atoms with Gasteiger partial charge in [0.25, 0.3) is 0 Å². The molecule has 22 heavy (non-hydrogen) atoms. The fourth-order valence-corrected chi connectivity index (χ4v) is 2.34. The topological polar surface area (TPSA) is 54.0 Å². The van der Waals surface area contributed by atoms with Crippen LogP contribution in [0.4, 0.5) is 5.69 Å². The number of hydrogen-bond donors (Lipinski definition) is 2. The molecule has 4 heteroatoms. The number of anilines is 1. The van der Waals surface area contributed by atoms with Gasteiger partial charge in [-0.15, -0.1) is 0 Å². The average molecular weight is 297 g/mol. The minimum atomic E-state index is -0.0383. The van der Waals surface area contributed by atoms with Gasteiger partial charge in [0.1, 0.15) is 0 Å². The molecular weight excluding hydrogens is 274 g/mol. The van der Waals surface area contributed by atoms with E-state index in [-0.39, 0.29) is 12.5 Å². The van der Waals surface area contributed by atoms with Gasteiger partial charge in [-0.25, -0.2) is 0 Å². The second kappa shape index (κ2) is 7.59. The van der Waals surface area contributed by atoms with Crippen LogP contribution in [0.15, 0.2) is 42.6 Å². The molecule has 0 aliphatic rings. The van der Waals surface area contributed by atoms with Gasteiger partial charge in [-0.3, -0.25) is 9.78 Å². The van der Waals surface area contributed by atoms with Crippen LogP contribution in [0, 0.1) is 6.92 Å². The summed E-state index contributed by atoms with van der Waals surface area (Å²) in [6, 6.07) is 11.9. The molecule has 1 amide bonds. The fourth-order valence-electron chi connectivity index (χ4n) is 2.34. The zero-order valence-corrected chi connectivity index (χ0v) is 13.4. The summed E-state index contributed by atoms with van der Waals surface area (Å²) in [6.45, 7) is 7.08. The zero-order chi connectivity index (χ0) is 15.9. The van der Waals surface area contributed by atoms with E-state index in [9.17, 15) is 4.79 Å². The van der Waals surface area contributed by atoms with Gasteiger partial charge in [0.2, 0.25) is 5.91 Å². The van der Waals surface area contributed by atoms with Crippen molar-refractivity contribution in [3.63, 3.8) is 0 Å². The Hall–Kier alpha value is -2.36. The molecule has 0 aliphatic heterocycles. The van der Waals surface area contributed by atoms with Gasteiger partial charge in [0.15, 0.2) is 0 Å². The lowest BCUT2D eigenvalue weighted by Gasteiger charge is -2.17. The normalized spacial score (nSPS) is 10.5. The van der Waals surface area contributed by atoms with E-state index in [1.165, 1.54) is 5.56 Å². The van der Waals surface area contributed by atoms with E-state index in [0.717, 1.165) is 16.9 Å². The molecule has 0 spiro atoms. The average Bonchev–Trinajstić information content (AvgIpc) is 2.52. The van der Waals surface area contributed by atoms with Crippen LogP contribution < -0.4 is 10.6 Å². The van der Waals surface area contributed by atoms with Crippen LogP contribution in [0.25, 0.3) is 0 Å². The first kappa shape index (κ1) is 16.0. The molecule has 1 heterocycles. The molecule has 0 aliphatic carbocycles. The number of pyridine rings is 1. The number of amides is 1. The Morgan fingerprint density at radius 3 is 2.68 bits per heavy atom. The second-order valence-electron chi connectivity index (χ2n) is 5.65. The van der Waals surface area contributed by atoms with Gasteiger partial charge in [0.05, 0.1) is 18.8 Å². The summed E-state index contributed by atoms with van der Waals surface area (Å²) in [5.74, 6) is 0.377. The number of aromatic nitrogens is 1. The molecule has 0 radical (unpaired) electrons. The van der Waals surface area contributed by atoms with E-state index < -0.39 is 0 Å². The number of hydrogen-bond acceptors (Lipinski definition) is 3. The Bertz CT molecular complexity index is 623. The molecule has 0 saturated carbocycles. The molecule has 0 fully saturated rings. The summed E-state index contributed by atoms with van der Waals surface area (Å²) in [7, 11) is 0. The van der Waals surface area contributed by atoms with Crippen molar-refractivity contribution in [2.24, 2.45) is 0 Å². The van der Waals surface area contributed by atoms with E-state index in [1.54, 1.807) is 6.20 Å². The Balaban J connectivity index is 1.91. The molecule has 2 aromatic rings. The maximum Gasteiger partial charge on any atom is 0.239 e. The largest absolute Gasteiger partial charge is 0.376 e. The summed E-state index contributed by atoms with van der Waals surface area (Å²) in [5, 5.41) is 6.14. The third-order valence-electron chi connectivity index (χ3n) is 3.55. The number of benzene rings is 1. The van der Waals surface area contributed by atoms with Crippen LogP contribution in [0.2, 0.25) is 0 Å². The third-order valence-corrected chi connectivity index (χ3v) is 3.55. The van der Waals surface area contributed by atoms with Crippen molar-refractivity contribution in [3.05, 3.63) is 59.4 Å². The van der Waals surface area contributed by atoms with Crippen LogP contribution in [-0.4, -0.2) is 17.4 Å². The Morgan fingerprint density at radius 1 is 1.18 bits per heavy atom. The lowest BCUT2D eigenvalue weighted by molar-refractivity contribution is -0.119. The van der Waals surface area contributed by atoms with Gasteiger partial charge < -0.3 is 10.6 Å². The smallest absolute Gasteiger partial charge is 0.239 e. The first-order chi connectivity index (χ1) is 10.6. The van der Waals surface area contributed by atoms with Crippen LogP contribution in [-0.2, 0) is 11.3 Å². The summed E-state index contributed by atoms with van der Waals surface area (Å²) in [5.41, 5.74) is 4.31. The number of para-hydroxylation sites is 1. The van der Waals surface area contributed by atoms with Crippen molar-refractivity contribution in [1.29, 1.82) is 0 Å². The van der Waals surface area contributed by atoms with Crippen molar-refractivity contribution in [1.82, 2.24) is 10.3 Å². The van der Waals surface area contributed by atoms with Crippen LogP contribution in [0.1, 0.15) is 36.6 Å². The highest BCUT2D eigenvalue weighted by molar-refractivity contribution is 5.81. The number of rotatable bonds is 6. The lowest BCUT2D eigenvalue weighted by Crippen LogP contribution is -2.30. The van der Waals surface area contributed by atoms with E-state index in [0.29, 0.717) is 12.5 Å². The first-order valence-corrected chi connectivity index (χ1v) is 7.58. The fraction of sp³-hybridized carbons (Fsp3) is 0.333. The highest BCUT2D eigenvalue weighted by atomic mass is 16.1. The quantitative estimate of drug-likeness (QED) is 0.860. The minimum Gasteiger partial charge on any atom is -0.376 e. The molecule has 1 aromatic heterocycles. The van der Waals surface area contributed by atoms with E-state index in [1.807, 2.05) is 18.2 Å². The molecular formula is C18H23N3O. The van der Waals surface area contributed by atoms with Crippen LogP contribution >= 0.6 is 0 Å². The standard InChI is InChI=1S/C18H23N3O/c1-13(2)16-9-6-7-14(3)18(16)21-12-17(22)20-11-15-8-4-5-10-19-15/h4-10,13,21H,11-12H2,1-3H3,(H,20,22). The van der Waals surface area contributed by atoms with E-state index >= 15 is 0 Å². The molecule has 2 N–H and O–H groups in total. The molecule has 4 nitrogen and oxygen atoms in total. The van der Waals surface area contributed by atoms with E-state index in [2.05, 4.69) is 54.6 Å². The highest BCUT2D eigenvalue weighted by Gasteiger charge is 2.10. The summed E-state index contributed by atoms with van der Waals surface area (Å²) >= 11 is 0. The van der Waals surface area contributed by atoms with E-state index in [4.69, 9.17) is 0 Å². The van der Waals surface area contributed by atoms with Crippen molar-refractivity contribution in [2.45, 2.75) is 33.2 Å². The summed E-state index contributed by atoms with van der Waals surface area (Å²) < 4.78 is 0. The van der Waals surface area contributed by atoms with Gasteiger partial charge in [-0.2, -0.15) is 0 Å². The van der Waals surface area contributed by atoms with Crippen LogP contribution in [0.3, 0.4) is 0 Å². The third kappa shape index (κ3) is 4.32. The zero-order valence-electron chi connectivity index (χ0n) is 13.4. The Morgan fingerprint density at radius 2 is 2.00 bits per heavy atom. The van der Waals surface area contributed by atoms with Gasteiger partial charge in [-0.1, -0.05) is 38.1 Å². The monoisotopic (exact) mass is 297 g/mol. The first-order valence-electron chi connectivity index (χ1n) is 7.58.